The van der Waals surface area contributed by atoms with Crippen molar-refractivity contribution < 1.29 is 4.79 Å². The molecule has 2 heteroatoms. The van der Waals surface area contributed by atoms with Crippen molar-refractivity contribution in [2.45, 2.75) is 6.92 Å². The second-order valence-electron chi connectivity index (χ2n) is 2.52. The van der Waals surface area contributed by atoms with Gasteiger partial charge in [-0.1, -0.05) is 49.1 Å². The molecule has 0 saturated heterocycles. The normalized spacial score (nSPS) is 8.93. The molecule has 0 spiro atoms. The maximum absolute atomic E-state index is 9.47. The van der Waals surface area contributed by atoms with Crippen LogP contribution in [0.3, 0.4) is 0 Å². The summed E-state index contributed by atoms with van der Waals surface area (Å²) in [6, 6.07) is 10.3. The Hall–Kier alpha value is -1.83. The van der Waals surface area contributed by atoms with E-state index in [1.807, 2.05) is 31.2 Å². The van der Waals surface area contributed by atoms with Gasteiger partial charge in [-0.3, -0.25) is 4.79 Å². The molecule has 0 saturated carbocycles. The first-order valence-corrected chi connectivity index (χ1v) is 4.30. The summed E-state index contributed by atoms with van der Waals surface area (Å²) >= 11 is 0. The van der Waals surface area contributed by atoms with E-state index < -0.39 is 5.91 Å². The summed E-state index contributed by atoms with van der Waals surface area (Å²) in [5.74, 6) is -0.481. The molecule has 0 unspecified atom stereocenters. The molecule has 1 amide bonds. The topological polar surface area (TPSA) is 43.1 Å². The average Bonchev–Trinajstić information content (AvgIpc) is 2.21. The zero-order valence-electron chi connectivity index (χ0n) is 8.31. The highest BCUT2D eigenvalue weighted by molar-refractivity contribution is 5.84. The maximum Gasteiger partial charge on any atom is 0.240 e. The van der Waals surface area contributed by atoms with Crippen LogP contribution in [0, 0.1) is 0 Å². The van der Waals surface area contributed by atoms with Gasteiger partial charge in [0.05, 0.1) is 0 Å². The van der Waals surface area contributed by atoms with Crippen LogP contribution in [-0.2, 0) is 4.79 Å². The Morgan fingerprint density at radius 1 is 1.36 bits per heavy atom. The van der Waals surface area contributed by atoms with E-state index >= 15 is 0 Å². The van der Waals surface area contributed by atoms with Gasteiger partial charge in [0.15, 0.2) is 0 Å². The second kappa shape index (κ2) is 7.80. The van der Waals surface area contributed by atoms with Crippen molar-refractivity contribution in [3.8, 4) is 0 Å². The van der Waals surface area contributed by atoms with Crippen molar-refractivity contribution in [3.63, 3.8) is 0 Å². The van der Waals surface area contributed by atoms with Crippen LogP contribution in [0.1, 0.15) is 12.5 Å². The summed E-state index contributed by atoms with van der Waals surface area (Å²) < 4.78 is 0. The molecule has 14 heavy (non-hydrogen) atoms. The molecule has 1 aromatic rings. The van der Waals surface area contributed by atoms with Crippen molar-refractivity contribution in [3.05, 3.63) is 54.6 Å². The summed E-state index contributed by atoms with van der Waals surface area (Å²) in [5.41, 5.74) is 5.80. The third-order valence-corrected chi connectivity index (χ3v) is 1.36. The zero-order chi connectivity index (χ0) is 10.8. The molecule has 74 valence electrons. The minimum Gasteiger partial charge on any atom is -0.366 e. The molecule has 0 aromatic heterocycles. The average molecular weight is 189 g/mol. The SMILES string of the molecule is C=CC(N)=O.CC=Cc1ccccc1. The zero-order valence-corrected chi connectivity index (χ0v) is 8.31. The number of hydrogen-bond donors (Lipinski definition) is 1. The molecule has 1 rings (SSSR count). The Kier molecular flexibility index (Phi) is 6.78. The van der Waals surface area contributed by atoms with E-state index in [1.54, 1.807) is 0 Å². The summed E-state index contributed by atoms with van der Waals surface area (Å²) in [4.78, 5) is 9.47. The second-order valence-corrected chi connectivity index (χ2v) is 2.52. The Balaban J connectivity index is 0.000000292. The number of benzene rings is 1. The van der Waals surface area contributed by atoms with Gasteiger partial charge in [-0.25, -0.2) is 0 Å². The number of carbonyl (C=O) groups excluding carboxylic acids is 1. The van der Waals surface area contributed by atoms with E-state index in [-0.39, 0.29) is 0 Å². The van der Waals surface area contributed by atoms with E-state index in [2.05, 4.69) is 30.5 Å². The van der Waals surface area contributed by atoms with Gasteiger partial charge in [-0.05, 0) is 18.6 Å². The van der Waals surface area contributed by atoms with Gasteiger partial charge >= 0.3 is 0 Å². The predicted molar refractivity (Wildman–Crippen MR) is 60.5 cm³/mol. The smallest absolute Gasteiger partial charge is 0.240 e. The molecule has 0 atom stereocenters. The molecule has 0 aliphatic rings. The van der Waals surface area contributed by atoms with Gasteiger partial charge in [-0.15, -0.1) is 0 Å². The molecule has 1 aromatic carbocycles. The van der Waals surface area contributed by atoms with Gasteiger partial charge in [0.1, 0.15) is 0 Å². The van der Waals surface area contributed by atoms with Crippen LogP contribution in [-0.4, -0.2) is 5.91 Å². The lowest BCUT2D eigenvalue weighted by atomic mass is 10.2. The van der Waals surface area contributed by atoms with Gasteiger partial charge < -0.3 is 5.73 Å². The van der Waals surface area contributed by atoms with Crippen LogP contribution in [0.4, 0.5) is 0 Å². The molecule has 0 aliphatic carbocycles. The van der Waals surface area contributed by atoms with Crippen LogP contribution in [0.2, 0.25) is 0 Å². The van der Waals surface area contributed by atoms with E-state index in [0.29, 0.717) is 0 Å². The number of hydrogen-bond acceptors (Lipinski definition) is 1. The summed E-state index contributed by atoms with van der Waals surface area (Å²) in [6.07, 6.45) is 5.18. The number of primary amides is 1. The van der Waals surface area contributed by atoms with Crippen LogP contribution in [0.25, 0.3) is 6.08 Å². The van der Waals surface area contributed by atoms with Crippen LogP contribution in [0.5, 0.6) is 0 Å². The Morgan fingerprint density at radius 3 is 2.21 bits per heavy atom. The largest absolute Gasteiger partial charge is 0.366 e. The highest BCUT2D eigenvalue weighted by atomic mass is 16.1. The molecular formula is C12H15NO. The lowest BCUT2D eigenvalue weighted by molar-refractivity contribution is -0.113. The Bertz CT molecular complexity index is 301. The van der Waals surface area contributed by atoms with E-state index in [4.69, 9.17) is 0 Å². The number of amides is 1. The van der Waals surface area contributed by atoms with E-state index in [9.17, 15) is 4.79 Å². The molecule has 2 nitrogen and oxygen atoms in total. The summed E-state index contributed by atoms with van der Waals surface area (Å²) in [5, 5.41) is 0. The number of nitrogens with two attached hydrogens (primary N) is 1. The van der Waals surface area contributed by atoms with Crippen molar-refractivity contribution in [2.24, 2.45) is 5.73 Å². The number of allylic oxidation sites excluding steroid dienone is 1. The van der Waals surface area contributed by atoms with Crippen molar-refractivity contribution >= 4 is 12.0 Å². The molecular weight excluding hydrogens is 174 g/mol. The minimum absolute atomic E-state index is 0.481. The quantitative estimate of drug-likeness (QED) is 0.713. The van der Waals surface area contributed by atoms with Crippen LogP contribution >= 0.6 is 0 Å². The minimum atomic E-state index is -0.481. The first kappa shape index (κ1) is 12.2. The highest BCUT2D eigenvalue weighted by Crippen LogP contribution is 1.99. The van der Waals surface area contributed by atoms with Crippen molar-refractivity contribution in [2.75, 3.05) is 0 Å². The monoisotopic (exact) mass is 189 g/mol. The van der Waals surface area contributed by atoms with Gasteiger partial charge in [-0.2, -0.15) is 0 Å². The molecule has 0 aliphatic heterocycles. The summed E-state index contributed by atoms with van der Waals surface area (Å²) in [7, 11) is 0. The van der Waals surface area contributed by atoms with Gasteiger partial charge in [0, 0.05) is 0 Å². The van der Waals surface area contributed by atoms with Gasteiger partial charge in [0.25, 0.3) is 0 Å². The third-order valence-electron chi connectivity index (χ3n) is 1.36. The predicted octanol–water partition coefficient (Wildman–Crippen LogP) is 2.38. The molecule has 0 bridgehead atoms. The highest BCUT2D eigenvalue weighted by Gasteiger charge is 1.77. The van der Waals surface area contributed by atoms with Crippen molar-refractivity contribution in [1.29, 1.82) is 0 Å². The van der Waals surface area contributed by atoms with E-state index in [0.717, 1.165) is 6.08 Å². The molecule has 2 N–H and O–H groups in total. The maximum atomic E-state index is 9.47. The fraction of sp³-hybridized carbons (Fsp3) is 0.0833. The lowest BCUT2D eigenvalue weighted by Crippen LogP contribution is -2.04. The lowest BCUT2D eigenvalue weighted by Gasteiger charge is -1.86. The van der Waals surface area contributed by atoms with Crippen LogP contribution < -0.4 is 5.73 Å². The fourth-order valence-electron chi connectivity index (χ4n) is 0.757. The molecule has 0 heterocycles. The number of carbonyl (C=O) groups is 1. The first-order chi connectivity index (χ1) is 6.70. The molecule has 0 radical (unpaired) electrons. The van der Waals surface area contributed by atoms with E-state index in [1.165, 1.54) is 5.56 Å². The fourth-order valence-corrected chi connectivity index (χ4v) is 0.757. The Morgan fingerprint density at radius 2 is 1.86 bits per heavy atom. The Labute approximate surface area is 84.7 Å². The van der Waals surface area contributed by atoms with Crippen molar-refractivity contribution in [1.82, 2.24) is 0 Å². The standard InChI is InChI=1S/C9H10.C3H5NO/c1-2-6-9-7-4-3-5-8-9;1-2-3(4)5/h2-8H,1H3;2H,1H2,(H2,4,5). The third kappa shape index (κ3) is 6.85. The van der Waals surface area contributed by atoms with Gasteiger partial charge in [0.2, 0.25) is 5.91 Å². The molecule has 0 fully saturated rings. The van der Waals surface area contributed by atoms with Crippen LogP contribution in [0.15, 0.2) is 49.1 Å². The number of rotatable bonds is 2. The first-order valence-electron chi connectivity index (χ1n) is 4.30. The summed E-state index contributed by atoms with van der Waals surface area (Å²) in [6.45, 7) is 5.11.